The van der Waals surface area contributed by atoms with Gasteiger partial charge in [0.05, 0.1) is 0 Å². The van der Waals surface area contributed by atoms with E-state index in [0.717, 1.165) is 5.69 Å². The third-order valence-electron chi connectivity index (χ3n) is 1.76. The molecule has 0 unspecified atom stereocenters. The number of nitrogens with two attached hydrogens (primary N) is 1. The Balaban J connectivity index is 2.73. The Bertz CT molecular complexity index is 287. The molecule has 4 heteroatoms. The summed E-state index contributed by atoms with van der Waals surface area (Å²) in [6.45, 7) is 2.61. The summed E-state index contributed by atoms with van der Waals surface area (Å²) in [4.78, 5) is 12.5. The van der Waals surface area contributed by atoms with Crippen LogP contribution < -0.4 is 10.6 Å². The van der Waals surface area contributed by atoms with Gasteiger partial charge in [-0.05, 0) is 19.1 Å². The Kier molecular flexibility index (Phi) is 3.94. The number of hydrogen-bond donors (Lipinski definition) is 1. The second kappa shape index (κ2) is 5.24. The van der Waals surface area contributed by atoms with E-state index in [1.165, 1.54) is 4.90 Å². The highest BCUT2D eigenvalue weighted by molar-refractivity contribution is 5.90. The average Bonchev–Trinajstić information content (AvgIpc) is 2.19. The van der Waals surface area contributed by atoms with Crippen molar-refractivity contribution in [1.82, 2.24) is 0 Å². The van der Waals surface area contributed by atoms with Crippen LogP contribution in [0.1, 0.15) is 6.92 Å². The molecule has 0 saturated heterocycles. The maximum Gasteiger partial charge on any atom is 0.321 e. The average molecular weight is 194 g/mol. The normalized spacial score (nSPS) is 9.79. The van der Waals surface area contributed by atoms with Crippen molar-refractivity contribution in [3.63, 3.8) is 0 Å². The number of benzene rings is 1. The number of anilines is 1. The molecule has 0 aromatic heterocycles. The number of primary amides is 1. The summed E-state index contributed by atoms with van der Waals surface area (Å²) in [5.74, 6) is 0. The number of amides is 2. The minimum Gasteiger partial charge on any atom is -0.361 e. The molecule has 0 aliphatic carbocycles. The minimum atomic E-state index is -0.510. The molecular formula is C10H14N2O2. The highest BCUT2D eigenvalue weighted by Gasteiger charge is 2.10. The van der Waals surface area contributed by atoms with Gasteiger partial charge in [0.25, 0.3) is 0 Å². The van der Waals surface area contributed by atoms with Gasteiger partial charge in [0, 0.05) is 12.3 Å². The van der Waals surface area contributed by atoms with Gasteiger partial charge in [-0.1, -0.05) is 18.2 Å². The smallest absolute Gasteiger partial charge is 0.321 e. The molecule has 0 saturated carbocycles. The molecule has 4 nitrogen and oxygen atoms in total. The van der Waals surface area contributed by atoms with Crippen molar-refractivity contribution in [3.05, 3.63) is 30.3 Å². The Morgan fingerprint density at radius 2 is 2.07 bits per heavy atom. The van der Waals surface area contributed by atoms with Crippen molar-refractivity contribution in [2.24, 2.45) is 5.73 Å². The molecule has 1 aromatic carbocycles. The van der Waals surface area contributed by atoms with Crippen LogP contribution in [0.2, 0.25) is 0 Å². The lowest BCUT2D eigenvalue weighted by atomic mass is 10.3. The fourth-order valence-electron chi connectivity index (χ4n) is 1.06. The number of ether oxygens (including phenoxy) is 1. The van der Waals surface area contributed by atoms with Gasteiger partial charge >= 0.3 is 6.03 Å². The molecule has 0 fully saturated rings. The molecular weight excluding hydrogens is 180 g/mol. The molecule has 0 aliphatic heterocycles. The van der Waals surface area contributed by atoms with Crippen LogP contribution in [0, 0.1) is 0 Å². The number of carbonyl (C=O) groups excluding carboxylic acids is 1. The summed E-state index contributed by atoms with van der Waals surface area (Å²) >= 11 is 0. The summed E-state index contributed by atoms with van der Waals surface area (Å²) in [5, 5.41) is 0. The maximum absolute atomic E-state index is 11.1. The fourth-order valence-corrected chi connectivity index (χ4v) is 1.06. The van der Waals surface area contributed by atoms with Crippen molar-refractivity contribution in [2.75, 3.05) is 18.2 Å². The molecule has 0 bridgehead atoms. The Morgan fingerprint density at radius 1 is 1.43 bits per heavy atom. The van der Waals surface area contributed by atoms with E-state index in [-0.39, 0.29) is 6.73 Å². The zero-order valence-electron chi connectivity index (χ0n) is 8.14. The highest BCUT2D eigenvalue weighted by atomic mass is 16.5. The van der Waals surface area contributed by atoms with Crippen LogP contribution in [0.3, 0.4) is 0 Å². The van der Waals surface area contributed by atoms with Crippen LogP contribution in [0.5, 0.6) is 0 Å². The van der Waals surface area contributed by atoms with E-state index < -0.39 is 6.03 Å². The quantitative estimate of drug-likeness (QED) is 0.739. The van der Waals surface area contributed by atoms with Crippen molar-refractivity contribution in [2.45, 2.75) is 6.92 Å². The highest BCUT2D eigenvalue weighted by Crippen LogP contribution is 2.12. The van der Waals surface area contributed by atoms with Crippen molar-refractivity contribution < 1.29 is 9.53 Å². The van der Waals surface area contributed by atoms with E-state index in [9.17, 15) is 4.79 Å². The van der Waals surface area contributed by atoms with Gasteiger partial charge in [-0.25, -0.2) is 4.79 Å². The van der Waals surface area contributed by atoms with Crippen LogP contribution in [0.4, 0.5) is 10.5 Å². The predicted octanol–water partition coefficient (Wildman–Crippen LogP) is 1.57. The van der Waals surface area contributed by atoms with Crippen LogP contribution in [-0.4, -0.2) is 19.4 Å². The lowest BCUT2D eigenvalue weighted by Crippen LogP contribution is -2.37. The van der Waals surface area contributed by atoms with Crippen LogP contribution in [0.15, 0.2) is 30.3 Å². The van der Waals surface area contributed by atoms with Gasteiger partial charge < -0.3 is 10.5 Å². The van der Waals surface area contributed by atoms with Crippen molar-refractivity contribution >= 4 is 11.7 Å². The first-order valence-electron chi connectivity index (χ1n) is 4.45. The standard InChI is InChI=1S/C10H14N2O2/c1-2-14-8-12(10(11)13)9-6-4-3-5-7-9/h3-7H,2,8H2,1H3,(H2,11,13). The summed E-state index contributed by atoms with van der Waals surface area (Å²) < 4.78 is 5.14. The second-order valence-corrected chi connectivity index (χ2v) is 2.72. The van der Waals surface area contributed by atoms with E-state index in [1.54, 1.807) is 0 Å². The molecule has 0 atom stereocenters. The zero-order valence-corrected chi connectivity index (χ0v) is 8.14. The molecule has 0 radical (unpaired) electrons. The van der Waals surface area contributed by atoms with E-state index in [1.807, 2.05) is 37.3 Å². The lowest BCUT2D eigenvalue weighted by Gasteiger charge is -2.19. The number of nitrogens with zero attached hydrogens (tertiary/aromatic N) is 1. The number of hydrogen-bond acceptors (Lipinski definition) is 2. The van der Waals surface area contributed by atoms with Crippen LogP contribution in [-0.2, 0) is 4.74 Å². The third kappa shape index (κ3) is 2.74. The first kappa shape index (κ1) is 10.5. The van der Waals surface area contributed by atoms with Crippen LogP contribution in [0.25, 0.3) is 0 Å². The number of urea groups is 1. The fraction of sp³-hybridized carbons (Fsp3) is 0.300. The largest absolute Gasteiger partial charge is 0.361 e. The molecule has 14 heavy (non-hydrogen) atoms. The monoisotopic (exact) mass is 194 g/mol. The molecule has 1 rings (SSSR count). The first-order valence-corrected chi connectivity index (χ1v) is 4.45. The minimum absolute atomic E-state index is 0.190. The maximum atomic E-state index is 11.1. The Labute approximate surface area is 83.3 Å². The van der Waals surface area contributed by atoms with E-state index in [4.69, 9.17) is 10.5 Å². The molecule has 0 heterocycles. The molecule has 0 spiro atoms. The van der Waals surface area contributed by atoms with Crippen molar-refractivity contribution in [3.8, 4) is 0 Å². The second-order valence-electron chi connectivity index (χ2n) is 2.72. The summed E-state index contributed by atoms with van der Waals surface area (Å²) in [7, 11) is 0. The molecule has 0 aliphatic rings. The van der Waals surface area contributed by atoms with E-state index >= 15 is 0 Å². The van der Waals surface area contributed by atoms with Gasteiger partial charge in [0.1, 0.15) is 6.73 Å². The van der Waals surface area contributed by atoms with E-state index in [0.29, 0.717) is 6.61 Å². The van der Waals surface area contributed by atoms with Gasteiger partial charge in [-0.3, -0.25) is 4.90 Å². The predicted molar refractivity (Wildman–Crippen MR) is 55.0 cm³/mol. The van der Waals surface area contributed by atoms with Gasteiger partial charge in [0.15, 0.2) is 0 Å². The first-order chi connectivity index (χ1) is 6.75. The van der Waals surface area contributed by atoms with E-state index in [2.05, 4.69) is 0 Å². The zero-order chi connectivity index (χ0) is 10.4. The van der Waals surface area contributed by atoms with Crippen molar-refractivity contribution in [1.29, 1.82) is 0 Å². The lowest BCUT2D eigenvalue weighted by molar-refractivity contribution is 0.149. The van der Waals surface area contributed by atoms with Crippen LogP contribution >= 0.6 is 0 Å². The number of carbonyl (C=O) groups is 1. The third-order valence-corrected chi connectivity index (χ3v) is 1.76. The Hall–Kier alpha value is -1.55. The number of para-hydroxylation sites is 1. The van der Waals surface area contributed by atoms with Gasteiger partial charge in [-0.15, -0.1) is 0 Å². The molecule has 2 amide bonds. The molecule has 2 N–H and O–H groups in total. The van der Waals surface area contributed by atoms with Gasteiger partial charge in [-0.2, -0.15) is 0 Å². The Morgan fingerprint density at radius 3 is 2.57 bits per heavy atom. The topological polar surface area (TPSA) is 55.6 Å². The molecule has 76 valence electrons. The summed E-state index contributed by atoms with van der Waals surface area (Å²) in [5.41, 5.74) is 5.96. The summed E-state index contributed by atoms with van der Waals surface area (Å²) in [6, 6.07) is 8.68. The number of rotatable bonds is 4. The van der Waals surface area contributed by atoms with Gasteiger partial charge in [0.2, 0.25) is 0 Å². The SMILES string of the molecule is CCOCN(C(N)=O)c1ccccc1. The molecule has 1 aromatic rings. The summed E-state index contributed by atoms with van der Waals surface area (Å²) in [6.07, 6.45) is 0.